The van der Waals surface area contributed by atoms with Gasteiger partial charge in [-0.2, -0.15) is 10.2 Å². The minimum Gasteiger partial charge on any atom is -0.373 e. The largest absolute Gasteiger partial charge is 0.373 e. The Morgan fingerprint density at radius 1 is 1.29 bits per heavy atom. The van der Waals surface area contributed by atoms with Gasteiger partial charge in [-0.1, -0.05) is 26.0 Å². The highest BCUT2D eigenvalue weighted by molar-refractivity contribution is 5.89. The minimum atomic E-state index is -3.09. The molecule has 2 rings (SSSR count). The molecule has 0 saturated carbocycles. The highest BCUT2D eigenvalue weighted by Crippen LogP contribution is 2.41. The SMILES string of the molecule is C#CCCC1(CCN(C(=O)CC(C)(C)C(C)(F)F)C(C(=O)NCC(=C)C)C2(C)CCCO2)N=N1. The van der Waals surface area contributed by atoms with Crippen molar-refractivity contribution in [3.63, 3.8) is 0 Å². The molecule has 2 heterocycles. The molecule has 0 bridgehead atoms. The number of nitrogens with one attached hydrogen (secondary N) is 1. The summed E-state index contributed by atoms with van der Waals surface area (Å²) in [6, 6.07) is -0.994. The van der Waals surface area contributed by atoms with Crippen LogP contribution in [0.4, 0.5) is 8.78 Å². The zero-order chi connectivity index (χ0) is 25.8. The number of terminal acetylenes is 1. The topological polar surface area (TPSA) is 83.4 Å². The molecule has 9 heteroatoms. The summed E-state index contributed by atoms with van der Waals surface area (Å²) in [6.45, 7) is 11.7. The molecule has 0 aromatic heterocycles. The number of carbonyl (C=O) groups excluding carboxylic acids is 2. The van der Waals surface area contributed by atoms with Crippen molar-refractivity contribution < 1.29 is 23.1 Å². The fourth-order valence-corrected chi connectivity index (χ4v) is 4.10. The maximum atomic E-state index is 14.3. The summed E-state index contributed by atoms with van der Waals surface area (Å²) in [6.07, 6.45) is 7.60. The maximum absolute atomic E-state index is 14.3. The van der Waals surface area contributed by atoms with Gasteiger partial charge in [0.1, 0.15) is 6.04 Å². The number of halogens is 2. The Labute approximate surface area is 201 Å². The maximum Gasteiger partial charge on any atom is 0.250 e. The monoisotopic (exact) mass is 480 g/mol. The molecular weight excluding hydrogens is 442 g/mol. The quantitative estimate of drug-likeness (QED) is 0.312. The van der Waals surface area contributed by atoms with E-state index in [4.69, 9.17) is 11.2 Å². The van der Waals surface area contributed by atoms with Crippen LogP contribution in [0.15, 0.2) is 22.4 Å². The van der Waals surface area contributed by atoms with E-state index in [2.05, 4.69) is 28.0 Å². The van der Waals surface area contributed by atoms with Crippen molar-refractivity contribution in [1.82, 2.24) is 10.2 Å². The molecule has 1 fully saturated rings. The lowest BCUT2D eigenvalue weighted by atomic mass is 9.81. The molecule has 0 aliphatic carbocycles. The first-order valence-corrected chi connectivity index (χ1v) is 11.8. The molecule has 2 atom stereocenters. The summed E-state index contributed by atoms with van der Waals surface area (Å²) in [5.41, 5.74) is -2.49. The number of ether oxygens (including phenoxy) is 1. The molecule has 190 valence electrons. The fraction of sp³-hybridized carbons (Fsp3) is 0.760. The van der Waals surface area contributed by atoms with Gasteiger partial charge in [-0.05, 0) is 33.6 Å². The number of alkyl halides is 2. The summed E-state index contributed by atoms with van der Waals surface area (Å²) < 4.78 is 34.5. The van der Waals surface area contributed by atoms with Crippen molar-refractivity contribution in [2.75, 3.05) is 19.7 Å². The summed E-state index contributed by atoms with van der Waals surface area (Å²) in [7, 11) is 0. The molecule has 2 aliphatic rings. The summed E-state index contributed by atoms with van der Waals surface area (Å²) >= 11 is 0. The lowest BCUT2D eigenvalue weighted by molar-refractivity contribution is -0.158. The molecule has 2 amide bonds. The van der Waals surface area contributed by atoms with Crippen molar-refractivity contribution in [3.8, 4) is 12.3 Å². The van der Waals surface area contributed by atoms with Crippen molar-refractivity contribution in [2.24, 2.45) is 15.6 Å². The van der Waals surface area contributed by atoms with Crippen LogP contribution in [0.1, 0.15) is 73.1 Å². The zero-order valence-corrected chi connectivity index (χ0v) is 21.0. The van der Waals surface area contributed by atoms with Crippen LogP contribution < -0.4 is 5.32 Å². The van der Waals surface area contributed by atoms with E-state index in [0.717, 1.165) is 18.9 Å². The number of rotatable bonds is 13. The lowest BCUT2D eigenvalue weighted by Crippen LogP contribution is -2.61. The Morgan fingerprint density at radius 2 is 1.94 bits per heavy atom. The second-order valence-corrected chi connectivity index (χ2v) is 10.5. The number of nitrogens with zero attached hydrogens (tertiary/aromatic N) is 3. The normalized spacial score (nSPS) is 22.1. The van der Waals surface area contributed by atoms with E-state index in [1.165, 1.54) is 18.7 Å². The van der Waals surface area contributed by atoms with E-state index in [1.807, 2.05) is 0 Å². The van der Waals surface area contributed by atoms with Gasteiger partial charge in [-0.25, -0.2) is 8.78 Å². The zero-order valence-electron chi connectivity index (χ0n) is 21.0. The molecular formula is C25H38F2N4O3. The first-order chi connectivity index (χ1) is 15.7. The first kappa shape index (κ1) is 27.9. The number of hydrogen-bond acceptors (Lipinski definition) is 5. The lowest BCUT2D eigenvalue weighted by Gasteiger charge is -2.42. The van der Waals surface area contributed by atoms with Gasteiger partial charge in [-0.3, -0.25) is 9.59 Å². The smallest absolute Gasteiger partial charge is 0.250 e. The van der Waals surface area contributed by atoms with E-state index in [-0.39, 0.29) is 13.1 Å². The van der Waals surface area contributed by atoms with Gasteiger partial charge in [0.25, 0.3) is 5.92 Å². The second kappa shape index (κ2) is 10.5. The molecule has 0 aromatic rings. The summed E-state index contributed by atoms with van der Waals surface area (Å²) in [5, 5.41) is 11.1. The van der Waals surface area contributed by atoms with Gasteiger partial charge in [-0.15, -0.1) is 12.3 Å². The molecule has 0 aromatic carbocycles. The number of carbonyl (C=O) groups is 2. The van der Waals surface area contributed by atoms with E-state index < -0.39 is 46.9 Å². The van der Waals surface area contributed by atoms with Crippen molar-refractivity contribution in [3.05, 3.63) is 12.2 Å². The average molecular weight is 481 g/mol. The Bertz CT molecular complexity index is 845. The van der Waals surface area contributed by atoms with Crippen LogP contribution in [-0.4, -0.2) is 59.6 Å². The number of hydrogen-bond donors (Lipinski definition) is 1. The highest BCUT2D eigenvalue weighted by Gasteiger charge is 2.51. The molecule has 1 saturated heterocycles. The van der Waals surface area contributed by atoms with Crippen LogP contribution in [0.2, 0.25) is 0 Å². The van der Waals surface area contributed by atoms with Crippen LogP contribution in [0.3, 0.4) is 0 Å². The fourth-order valence-electron chi connectivity index (χ4n) is 4.10. The average Bonchev–Trinajstić information content (AvgIpc) is 3.36. The van der Waals surface area contributed by atoms with Crippen molar-refractivity contribution in [2.45, 2.75) is 96.4 Å². The Kier molecular flexibility index (Phi) is 8.62. The van der Waals surface area contributed by atoms with Crippen LogP contribution in [0.25, 0.3) is 0 Å². The standard InChI is InChI=1S/C25H38F2N4O3/c1-8-9-12-25(29-30-25)13-14-31(19(32)16-22(4,5)24(7,26)27)20(21(33)28-17-18(2)3)23(6)11-10-15-34-23/h1,20H,2,9-17H2,3-7H3,(H,28,33). The van der Waals surface area contributed by atoms with Crippen LogP contribution >= 0.6 is 0 Å². The number of amides is 2. The third-order valence-corrected chi connectivity index (χ3v) is 6.86. The van der Waals surface area contributed by atoms with Gasteiger partial charge in [0.15, 0.2) is 5.66 Å². The molecule has 34 heavy (non-hydrogen) atoms. The molecule has 2 aliphatic heterocycles. The van der Waals surface area contributed by atoms with Gasteiger partial charge in [0, 0.05) is 50.8 Å². The van der Waals surface area contributed by atoms with Gasteiger partial charge in [0.2, 0.25) is 11.8 Å². The molecule has 1 N–H and O–H groups in total. The Hall–Kier alpha value is -2.34. The second-order valence-electron chi connectivity index (χ2n) is 10.5. The molecule has 0 radical (unpaired) electrons. The molecule has 7 nitrogen and oxygen atoms in total. The van der Waals surface area contributed by atoms with Crippen LogP contribution in [0, 0.1) is 17.8 Å². The van der Waals surface area contributed by atoms with E-state index >= 15 is 0 Å². The van der Waals surface area contributed by atoms with E-state index in [1.54, 1.807) is 13.8 Å². The first-order valence-electron chi connectivity index (χ1n) is 11.8. The summed E-state index contributed by atoms with van der Waals surface area (Å²) in [5.74, 6) is -1.46. The van der Waals surface area contributed by atoms with E-state index in [9.17, 15) is 18.4 Å². The van der Waals surface area contributed by atoms with Gasteiger partial charge in [0.05, 0.1) is 5.60 Å². The van der Waals surface area contributed by atoms with Crippen LogP contribution in [0.5, 0.6) is 0 Å². The van der Waals surface area contributed by atoms with E-state index in [0.29, 0.717) is 32.3 Å². The van der Waals surface area contributed by atoms with Gasteiger partial charge < -0.3 is 15.0 Å². The molecule has 0 spiro atoms. The predicted molar refractivity (Wildman–Crippen MR) is 126 cm³/mol. The third-order valence-electron chi connectivity index (χ3n) is 6.86. The van der Waals surface area contributed by atoms with Gasteiger partial charge >= 0.3 is 0 Å². The van der Waals surface area contributed by atoms with Crippen molar-refractivity contribution in [1.29, 1.82) is 0 Å². The predicted octanol–water partition coefficient (Wildman–Crippen LogP) is 4.48. The summed E-state index contributed by atoms with van der Waals surface area (Å²) in [4.78, 5) is 28.4. The van der Waals surface area contributed by atoms with Crippen LogP contribution in [-0.2, 0) is 14.3 Å². The minimum absolute atomic E-state index is 0.117. The Balaban J connectivity index is 2.37. The Morgan fingerprint density at radius 3 is 2.41 bits per heavy atom. The molecule has 2 unspecified atom stereocenters. The third kappa shape index (κ3) is 6.84. The van der Waals surface area contributed by atoms with Crippen molar-refractivity contribution >= 4 is 11.8 Å². The highest BCUT2D eigenvalue weighted by atomic mass is 19.3.